The van der Waals surface area contributed by atoms with Gasteiger partial charge in [-0.3, -0.25) is 4.98 Å². The van der Waals surface area contributed by atoms with E-state index < -0.39 is 0 Å². The van der Waals surface area contributed by atoms with Gasteiger partial charge in [0.25, 0.3) is 0 Å². The van der Waals surface area contributed by atoms with E-state index in [1.165, 1.54) is 0 Å². The summed E-state index contributed by atoms with van der Waals surface area (Å²) in [6.45, 7) is 2.81. The Balaban J connectivity index is 1.63. The van der Waals surface area contributed by atoms with Crippen LogP contribution in [0.15, 0.2) is 54.9 Å². The first kappa shape index (κ1) is 17.4. The molecule has 1 fully saturated rings. The highest BCUT2D eigenvalue weighted by Gasteiger charge is 2.19. The van der Waals surface area contributed by atoms with Gasteiger partial charge >= 0.3 is 0 Å². The lowest BCUT2D eigenvalue weighted by Crippen LogP contribution is -2.37. The van der Waals surface area contributed by atoms with Crippen molar-refractivity contribution in [3.8, 4) is 28.7 Å². The monoisotopic (exact) mass is 386 g/mol. The molecule has 4 aromatic rings. The molecule has 1 aliphatic heterocycles. The molecule has 1 aliphatic rings. The van der Waals surface area contributed by atoms with Gasteiger partial charge in [-0.2, -0.15) is 0 Å². The molecule has 1 saturated heterocycles. The van der Waals surface area contributed by atoms with Crippen LogP contribution < -0.4 is 4.90 Å². The predicted octanol–water partition coefficient (Wildman–Crippen LogP) is 2.69. The summed E-state index contributed by atoms with van der Waals surface area (Å²) in [5.74, 6) is 1.96. The molecule has 144 valence electrons. The zero-order valence-corrected chi connectivity index (χ0v) is 15.6. The van der Waals surface area contributed by atoms with Crippen LogP contribution in [-0.4, -0.2) is 56.3 Å². The normalized spacial score (nSPS) is 14.3. The number of anilines is 1. The summed E-state index contributed by atoms with van der Waals surface area (Å²) < 4.78 is 5.48. The summed E-state index contributed by atoms with van der Waals surface area (Å²) >= 11 is 0. The Kier molecular flexibility index (Phi) is 4.45. The molecule has 0 saturated carbocycles. The van der Waals surface area contributed by atoms with Crippen molar-refractivity contribution in [1.29, 1.82) is 0 Å². The molecule has 1 aromatic carbocycles. The fraction of sp³-hybridized carbons (Fsp3) is 0.190. The van der Waals surface area contributed by atoms with Crippen LogP contribution in [0.25, 0.3) is 33.9 Å². The van der Waals surface area contributed by atoms with Gasteiger partial charge in [-0.1, -0.05) is 12.1 Å². The second kappa shape index (κ2) is 7.40. The minimum absolute atomic E-state index is 0.166. The van der Waals surface area contributed by atoms with E-state index in [9.17, 15) is 5.11 Å². The summed E-state index contributed by atoms with van der Waals surface area (Å²) in [5.41, 5.74) is 2.86. The maximum absolute atomic E-state index is 9.76. The van der Waals surface area contributed by atoms with Gasteiger partial charge in [0.15, 0.2) is 17.5 Å². The Bertz CT molecular complexity index is 1180. The number of pyridine rings is 1. The van der Waals surface area contributed by atoms with Gasteiger partial charge < -0.3 is 14.7 Å². The summed E-state index contributed by atoms with van der Waals surface area (Å²) in [6, 6.07) is 12.4. The van der Waals surface area contributed by atoms with Crippen molar-refractivity contribution in [1.82, 2.24) is 24.9 Å². The maximum atomic E-state index is 9.76. The summed E-state index contributed by atoms with van der Waals surface area (Å²) in [7, 11) is 0. The smallest absolute Gasteiger partial charge is 0.181 e. The van der Waals surface area contributed by atoms with Crippen molar-refractivity contribution in [2.24, 2.45) is 0 Å². The number of nitrogens with zero attached hydrogens (tertiary/aromatic N) is 6. The number of aromatic hydroxyl groups is 1. The Labute approximate surface area is 166 Å². The van der Waals surface area contributed by atoms with Gasteiger partial charge in [-0.25, -0.2) is 19.9 Å². The number of aromatic nitrogens is 5. The third-order valence-corrected chi connectivity index (χ3v) is 4.74. The molecule has 0 amide bonds. The van der Waals surface area contributed by atoms with E-state index in [0.717, 1.165) is 35.5 Å². The average molecular weight is 386 g/mol. The van der Waals surface area contributed by atoms with Crippen molar-refractivity contribution in [2.75, 3.05) is 31.2 Å². The Morgan fingerprint density at radius 3 is 2.62 bits per heavy atom. The number of phenols is 1. The minimum Gasteiger partial charge on any atom is -0.508 e. The van der Waals surface area contributed by atoms with Crippen LogP contribution >= 0.6 is 0 Å². The quantitative estimate of drug-likeness (QED) is 0.574. The molecule has 0 unspecified atom stereocenters. The molecule has 29 heavy (non-hydrogen) atoms. The zero-order chi connectivity index (χ0) is 19.6. The van der Waals surface area contributed by atoms with E-state index in [1.807, 2.05) is 18.2 Å². The van der Waals surface area contributed by atoms with Crippen LogP contribution in [0.3, 0.4) is 0 Å². The van der Waals surface area contributed by atoms with Crippen molar-refractivity contribution in [3.05, 3.63) is 54.9 Å². The van der Waals surface area contributed by atoms with Crippen LogP contribution in [0, 0.1) is 0 Å². The Morgan fingerprint density at radius 2 is 1.76 bits per heavy atom. The summed E-state index contributed by atoms with van der Waals surface area (Å²) in [4.78, 5) is 25.1. The molecular weight excluding hydrogens is 368 g/mol. The molecule has 1 N–H and O–H groups in total. The molecular formula is C21H18N6O2. The van der Waals surface area contributed by atoms with Gasteiger partial charge in [0.05, 0.1) is 18.7 Å². The molecule has 3 aromatic heterocycles. The summed E-state index contributed by atoms with van der Waals surface area (Å²) in [5, 5.41) is 9.76. The average Bonchev–Trinajstić information content (AvgIpc) is 2.79. The largest absolute Gasteiger partial charge is 0.508 e. The number of fused-ring (bicyclic) bond motifs is 1. The molecule has 0 bridgehead atoms. The fourth-order valence-corrected chi connectivity index (χ4v) is 3.33. The molecule has 0 spiro atoms. The first-order chi connectivity index (χ1) is 14.3. The van der Waals surface area contributed by atoms with Gasteiger partial charge in [0, 0.05) is 31.0 Å². The highest BCUT2D eigenvalue weighted by Crippen LogP contribution is 2.27. The summed E-state index contributed by atoms with van der Waals surface area (Å²) in [6.07, 6.45) is 3.42. The van der Waals surface area contributed by atoms with Crippen molar-refractivity contribution in [3.63, 3.8) is 0 Å². The van der Waals surface area contributed by atoms with Crippen molar-refractivity contribution in [2.45, 2.75) is 0 Å². The van der Waals surface area contributed by atoms with Gasteiger partial charge in [0.2, 0.25) is 0 Å². The molecule has 8 nitrogen and oxygen atoms in total. The van der Waals surface area contributed by atoms with Crippen LogP contribution in [0.4, 0.5) is 5.82 Å². The van der Waals surface area contributed by atoms with Crippen LogP contribution in [0.2, 0.25) is 0 Å². The fourth-order valence-electron chi connectivity index (χ4n) is 3.33. The highest BCUT2D eigenvalue weighted by molar-refractivity contribution is 5.87. The number of ether oxygens (including phenoxy) is 1. The standard InChI is InChI=1S/C21H18N6O2/c28-15-4-1-3-14(13-15)19-23-8-6-17(25-19)20-24-16-5-2-7-22-18(16)21(26-20)27-9-11-29-12-10-27/h1-8,13,28H,9-12H2. The lowest BCUT2D eigenvalue weighted by atomic mass is 10.2. The lowest BCUT2D eigenvalue weighted by molar-refractivity contribution is 0.122. The van der Waals surface area contributed by atoms with E-state index in [0.29, 0.717) is 30.6 Å². The first-order valence-electron chi connectivity index (χ1n) is 9.36. The molecule has 0 radical (unpaired) electrons. The van der Waals surface area contributed by atoms with E-state index in [1.54, 1.807) is 36.7 Å². The van der Waals surface area contributed by atoms with Crippen molar-refractivity contribution < 1.29 is 9.84 Å². The lowest BCUT2D eigenvalue weighted by Gasteiger charge is -2.28. The SMILES string of the molecule is Oc1cccc(-c2nccc(-c3nc(N4CCOCC4)c4ncccc4n3)n2)c1. The van der Waals surface area contributed by atoms with E-state index in [4.69, 9.17) is 9.72 Å². The zero-order valence-electron chi connectivity index (χ0n) is 15.6. The minimum atomic E-state index is 0.166. The van der Waals surface area contributed by atoms with E-state index >= 15 is 0 Å². The number of hydrogen-bond acceptors (Lipinski definition) is 8. The number of hydrogen-bond donors (Lipinski definition) is 1. The first-order valence-corrected chi connectivity index (χ1v) is 9.36. The molecule has 4 heterocycles. The highest BCUT2D eigenvalue weighted by atomic mass is 16.5. The van der Waals surface area contributed by atoms with E-state index in [-0.39, 0.29) is 5.75 Å². The number of benzene rings is 1. The van der Waals surface area contributed by atoms with Crippen LogP contribution in [0.1, 0.15) is 0 Å². The Morgan fingerprint density at radius 1 is 0.862 bits per heavy atom. The van der Waals surface area contributed by atoms with Gasteiger partial charge in [-0.15, -0.1) is 0 Å². The molecule has 5 rings (SSSR count). The molecule has 0 aliphatic carbocycles. The topological polar surface area (TPSA) is 97.2 Å². The molecule has 0 atom stereocenters. The number of morpholine rings is 1. The van der Waals surface area contributed by atoms with Gasteiger partial charge in [-0.05, 0) is 30.3 Å². The van der Waals surface area contributed by atoms with Crippen molar-refractivity contribution >= 4 is 16.9 Å². The molecule has 8 heteroatoms. The second-order valence-corrected chi connectivity index (χ2v) is 6.66. The van der Waals surface area contributed by atoms with E-state index in [2.05, 4.69) is 24.8 Å². The third-order valence-electron chi connectivity index (χ3n) is 4.74. The van der Waals surface area contributed by atoms with Gasteiger partial charge in [0.1, 0.15) is 17.0 Å². The Hall–Kier alpha value is -3.65. The maximum Gasteiger partial charge on any atom is 0.181 e. The predicted molar refractivity (Wildman–Crippen MR) is 108 cm³/mol. The van der Waals surface area contributed by atoms with Crippen LogP contribution in [0.5, 0.6) is 5.75 Å². The second-order valence-electron chi connectivity index (χ2n) is 6.66. The number of rotatable bonds is 3. The number of phenolic OH excluding ortho intramolecular Hbond substituents is 1. The third kappa shape index (κ3) is 3.45. The van der Waals surface area contributed by atoms with Crippen LogP contribution in [-0.2, 0) is 4.74 Å².